The van der Waals surface area contributed by atoms with E-state index in [9.17, 15) is 0 Å². The molecule has 0 spiro atoms. The second-order valence-corrected chi connectivity index (χ2v) is 6.74. The third-order valence-electron chi connectivity index (χ3n) is 3.25. The van der Waals surface area contributed by atoms with Crippen molar-refractivity contribution in [2.75, 3.05) is 7.11 Å². The lowest BCUT2D eigenvalue weighted by Gasteiger charge is -2.06. The summed E-state index contributed by atoms with van der Waals surface area (Å²) in [6.07, 6.45) is 0. The molecule has 2 aromatic carbocycles. The van der Waals surface area contributed by atoms with Crippen LogP contribution in [0.1, 0.15) is 18.1 Å². The Morgan fingerprint density at radius 1 is 1.04 bits per heavy atom. The molecule has 0 bridgehead atoms. The summed E-state index contributed by atoms with van der Waals surface area (Å²) in [5.41, 5.74) is 0.869. The van der Waals surface area contributed by atoms with E-state index >= 15 is 0 Å². The van der Waals surface area contributed by atoms with Crippen molar-refractivity contribution < 1.29 is 9.15 Å². The fourth-order valence-electron chi connectivity index (χ4n) is 2.02. The van der Waals surface area contributed by atoms with Gasteiger partial charge in [-0.1, -0.05) is 11.6 Å². The maximum absolute atomic E-state index is 5.90. The van der Waals surface area contributed by atoms with Crippen LogP contribution in [0.4, 0.5) is 0 Å². The summed E-state index contributed by atoms with van der Waals surface area (Å²) in [5, 5.41) is 9.06. The molecular formula is C17H15ClN2O2S. The van der Waals surface area contributed by atoms with E-state index in [1.54, 1.807) is 18.9 Å². The average molecular weight is 347 g/mol. The topological polar surface area (TPSA) is 48.2 Å². The lowest BCUT2D eigenvalue weighted by Crippen LogP contribution is -1.88. The van der Waals surface area contributed by atoms with Gasteiger partial charge in [0.05, 0.1) is 12.4 Å². The van der Waals surface area contributed by atoms with Gasteiger partial charge in [0, 0.05) is 15.5 Å². The molecule has 0 fully saturated rings. The van der Waals surface area contributed by atoms with Gasteiger partial charge >= 0.3 is 0 Å². The largest absolute Gasteiger partial charge is 0.497 e. The summed E-state index contributed by atoms with van der Waals surface area (Å²) in [6, 6.07) is 15.2. The van der Waals surface area contributed by atoms with Crippen LogP contribution in [0, 0.1) is 0 Å². The first kappa shape index (κ1) is 15.9. The molecular weight excluding hydrogens is 332 g/mol. The molecule has 1 aromatic heterocycles. The van der Waals surface area contributed by atoms with Crippen molar-refractivity contribution in [3.63, 3.8) is 0 Å². The highest BCUT2D eigenvalue weighted by Gasteiger charge is 2.16. The van der Waals surface area contributed by atoms with Crippen molar-refractivity contribution in [3.8, 4) is 17.2 Å². The Bertz CT molecular complexity index is 772. The molecule has 0 saturated carbocycles. The van der Waals surface area contributed by atoms with E-state index in [0.717, 1.165) is 21.2 Å². The SMILES string of the molecule is COc1ccc(-c2nnc([C@H](C)Sc3ccc(Cl)cc3)o2)cc1. The molecule has 23 heavy (non-hydrogen) atoms. The number of rotatable bonds is 5. The molecule has 1 atom stereocenters. The van der Waals surface area contributed by atoms with Gasteiger partial charge in [0.15, 0.2) is 0 Å². The molecule has 0 aliphatic carbocycles. The summed E-state index contributed by atoms with van der Waals surface area (Å²) in [5.74, 6) is 1.89. The molecule has 3 aromatic rings. The van der Waals surface area contributed by atoms with Crippen LogP contribution in [0.3, 0.4) is 0 Å². The zero-order chi connectivity index (χ0) is 16.2. The minimum absolute atomic E-state index is 0.0515. The Morgan fingerprint density at radius 2 is 1.74 bits per heavy atom. The van der Waals surface area contributed by atoms with E-state index in [4.69, 9.17) is 20.8 Å². The monoisotopic (exact) mass is 346 g/mol. The van der Waals surface area contributed by atoms with Crippen LogP contribution in [-0.4, -0.2) is 17.3 Å². The van der Waals surface area contributed by atoms with Crippen molar-refractivity contribution in [1.29, 1.82) is 0 Å². The number of hydrogen-bond donors (Lipinski definition) is 0. The summed E-state index contributed by atoms with van der Waals surface area (Å²) >= 11 is 7.54. The molecule has 0 saturated heterocycles. The standard InChI is InChI=1S/C17H15ClN2O2S/c1-11(23-15-9-5-13(18)6-10-15)16-19-20-17(22-16)12-3-7-14(21-2)8-4-12/h3-11H,1-2H3/t11-/m0/s1. The number of ether oxygens (including phenoxy) is 1. The van der Waals surface area contributed by atoms with Crippen LogP contribution < -0.4 is 4.74 Å². The number of thioether (sulfide) groups is 1. The van der Waals surface area contributed by atoms with Gasteiger partial charge in [0.2, 0.25) is 11.8 Å². The quantitative estimate of drug-likeness (QED) is 0.590. The van der Waals surface area contributed by atoms with Gasteiger partial charge in [0.25, 0.3) is 0 Å². The number of benzene rings is 2. The van der Waals surface area contributed by atoms with Crippen molar-refractivity contribution >= 4 is 23.4 Å². The Kier molecular flexibility index (Phi) is 4.88. The molecule has 6 heteroatoms. The lowest BCUT2D eigenvalue weighted by molar-refractivity contribution is 0.415. The first-order valence-electron chi connectivity index (χ1n) is 7.06. The second-order valence-electron chi connectivity index (χ2n) is 4.89. The number of hydrogen-bond acceptors (Lipinski definition) is 5. The highest BCUT2D eigenvalue weighted by Crippen LogP contribution is 2.35. The lowest BCUT2D eigenvalue weighted by atomic mass is 10.2. The van der Waals surface area contributed by atoms with Gasteiger partial charge < -0.3 is 9.15 Å². The molecule has 0 radical (unpaired) electrons. The third kappa shape index (κ3) is 3.86. The van der Waals surface area contributed by atoms with E-state index < -0.39 is 0 Å². The van der Waals surface area contributed by atoms with Gasteiger partial charge in [-0.05, 0) is 55.5 Å². The average Bonchev–Trinajstić information content (AvgIpc) is 3.07. The third-order valence-corrected chi connectivity index (χ3v) is 4.60. The highest BCUT2D eigenvalue weighted by atomic mass is 35.5. The molecule has 0 unspecified atom stereocenters. The summed E-state index contributed by atoms with van der Waals surface area (Å²) in [7, 11) is 1.63. The Morgan fingerprint density at radius 3 is 2.39 bits per heavy atom. The molecule has 3 rings (SSSR count). The Balaban J connectivity index is 1.73. The van der Waals surface area contributed by atoms with Crippen LogP contribution in [0.5, 0.6) is 5.75 Å². The van der Waals surface area contributed by atoms with E-state index in [-0.39, 0.29) is 5.25 Å². The number of methoxy groups -OCH3 is 1. The minimum atomic E-state index is 0.0515. The van der Waals surface area contributed by atoms with E-state index in [0.29, 0.717) is 11.8 Å². The van der Waals surface area contributed by atoms with Crippen LogP contribution in [0.15, 0.2) is 57.8 Å². The van der Waals surface area contributed by atoms with Gasteiger partial charge in [-0.2, -0.15) is 0 Å². The van der Waals surface area contributed by atoms with E-state index in [1.807, 2.05) is 55.5 Å². The number of nitrogens with zero attached hydrogens (tertiary/aromatic N) is 2. The number of aromatic nitrogens is 2. The van der Waals surface area contributed by atoms with Crippen LogP contribution in [-0.2, 0) is 0 Å². The fourth-order valence-corrected chi connectivity index (χ4v) is 3.04. The van der Waals surface area contributed by atoms with Crippen LogP contribution >= 0.6 is 23.4 Å². The smallest absolute Gasteiger partial charge is 0.247 e. The van der Waals surface area contributed by atoms with Crippen molar-refractivity contribution in [3.05, 3.63) is 59.4 Å². The fraction of sp³-hybridized carbons (Fsp3) is 0.176. The number of halogens is 1. The summed E-state index contributed by atoms with van der Waals surface area (Å²) < 4.78 is 10.9. The van der Waals surface area contributed by atoms with Gasteiger partial charge in [0.1, 0.15) is 5.75 Å². The normalized spacial score (nSPS) is 12.1. The first-order valence-corrected chi connectivity index (χ1v) is 8.31. The molecule has 1 heterocycles. The predicted molar refractivity (Wildman–Crippen MR) is 92.0 cm³/mol. The van der Waals surface area contributed by atoms with Gasteiger partial charge in [-0.15, -0.1) is 22.0 Å². The zero-order valence-corrected chi connectivity index (χ0v) is 14.3. The predicted octanol–water partition coefficient (Wildman–Crippen LogP) is 5.25. The Labute approximate surface area is 143 Å². The maximum atomic E-state index is 5.90. The van der Waals surface area contributed by atoms with Gasteiger partial charge in [-0.3, -0.25) is 0 Å². The highest BCUT2D eigenvalue weighted by molar-refractivity contribution is 7.99. The second kappa shape index (κ2) is 7.06. The molecule has 118 valence electrons. The van der Waals surface area contributed by atoms with Gasteiger partial charge in [-0.25, -0.2) is 0 Å². The minimum Gasteiger partial charge on any atom is -0.497 e. The van der Waals surface area contributed by atoms with Crippen molar-refractivity contribution in [2.24, 2.45) is 0 Å². The maximum Gasteiger partial charge on any atom is 0.247 e. The summed E-state index contributed by atoms with van der Waals surface area (Å²) in [4.78, 5) is 1.10. The van der Waals surface area contributed by atoms with E-state index in [2.05, 4.69) is 10.2 Å². The molecule has 4 nitrogen and oxygen atoms in total. The summed E-state index contributed by atoms with van der Waals surface area (Å²) in [6.45, 7) is 2.03. The zero-order valence-electron chi connectivity index (χ0n) is 12.7. The van der Waals surface area contributed by atoms with Crippen molar-refractivity contribution in [1.82, 2.24) is 10.2 Å². The molecule has 0 amide bonds. The molecule has 0 N–H and O–H groups in total. The molecule has 0 aliphatic rings. The van der Waals surface area contributed by atoms with E-state index in [1.165, 1.54) is 0 Å². The first-order chi connectivity index (χ1) is 11.2. The molecule has 0 aliphatic heterocycles. The van der Waals surface area contributed by atoms with Crippen molar-refractivity contribution in [2.45, 2.75) is 17.1 Å². The van der Waals surface area contributed by atoms with Crippen LogP contribution in [0.25, 0.3) is 11.5 Å². The van der Waals surface area contributed by atoms with Crippen LogP contribution in [0.2, 0.25) is 5.02 Å². The Hall–Kier alpha value is -1.98.